The van der Waals surface area contributed by atoms with Gasteiger partial charge >= 0.3 is 5.97 Å². The topological polar surface area (TPSA) is 112 Å². The van der Waals surface area contributed by atoms with Crippen LogP contribution in [-0.4, -0.2) is 43.6 Å². The summed E-state index contributed by atoms with van der Waals surface area (Å²) in [6.07, 6.45) is 2.79. The molecule has 1 unspecified atom stereocenters. The van der Waals surface area contributed by atoms with Crippen LogP contribution in [0.5, 0.6) is 0 Å². The number of imidazole rings is 1. The maximum atomic E-state index is 12.5. The predicted octanol–water partition coefficient (Wildman–Crippen LogP) is 1.38. The lowest BCUT2D eigenvalue weighted by atomic mass is 10.1. The lowest BCUT2D eigenvalue weighted by Crippen LogP contribution is -2.31. The largest absolute Gasteiger partial charge is 0.477 e. The van der Waals surface area contributed by atoms with Crippen molar-refractivity contribution in [1.29, 1.82) is 0 Å². The molecule has 2 aromatic rings. The van der Waals surface area contributed by atoms with Crippen molar-refractivity contribution in [2.24, 2.45) is 0 Å². The molecule has 0 aliphatic carbocycles. The Labute approximate surface area is 119 Å². The number of hydrogen-bond donors (Lipinski definition) is 2. The Morgan fingerprint density at radius 2 is 2.33 bits per heavy atom. The van der Waals surface area contributed by atoms with Crippen LogP contribution >= 0.6 is 0 Å². The number of likely N-dealkylation sites (tertiary alicyclic amines) is 1. The molecule has 21 heavy (non-hydrogen) atoms. The van der Waals surface area contributed by atoms with Crippen LogP contribution in [-0.2, 0) is 0 Å². The van der Waals surface area contributed by atoms with E-state index in [-0.39, 0.29) is 17.4 Å². The summed E-state index contributed by atoms with van der Waals surface area (Å²) in [5, 5.41) is 12.9. The zero-order valence-corrected chi connectivity index (χ0v) is 11.4. The molecule has 2 aromatic heterocycles. The van der Waals surface area contributed by atoms with Gasteiger partial charge in [0.25, 0.3) is 5.91 Å². The highest BCUT2D eigenvalue weighted by Crippen LogP contribution is 2.33. The third kappa shape index (κ3) is 2.28. The average molecular weight is 290 g/mol. The first-order valence-corrected chi connectivity index (χ1v) is 6.58. The van der Waals surface area contributed by atoms with Crippen molar-refractivity contribution in [3.63, 3.8) is 0 Å². The van der Waals surface area contributed by atoms with Gasteiger partial charge in [-0.1, -0.05) is 5.16 Å². The zero-order valence-electron chi connectivity index (χ0n) is 11.4. The van der Waals surface area contributed by atoms with Crippen LogP contribution in [0.3, 0.4) is 0 Å². The predicted molar refractivity (Wildman–Crippen MR) is 69.8 cm³/mol. The zero-order chi connectivity index (χ0) is 15.0. The first-order chi connectivity index (χ1) is 10.1. The second kappa shape index (κ2) is 5.04. The van der Waals surface area contributed by atoms with Crippen LogP contribution in [0.1, 0.15) is 51.3 Å². The minimum Gasteiger partial charge on any atom is -0.477 e. The Bertz CT molecular complexity index is 690. The van der Waals surface area contributed by atoms with Crippen molar-refractivity contribution in [1.82, 2.24) is 20.0 Å². The van der Waals surface area contributed by atoms with Gasteiger partial charge in [0.15, 0.2) is 17.1 Å². The summed E-state index contributed by atoms with van der Waals surface area (Å²) in [5.74, 6) is -1.00. The molecule has 3 rings (SSSR count). The van der Waals surface area contributed by atoms with Crippen molar-refractivity contribution >= 4 is 11.9 Å². The molecule has 0 bridgehead atoms. The van der Waals surface area contributed by atoms with Gasteiger partial charge in [-0.05, 0) is 19.8 Å². The van der Waals surface area contributed by atoms with E-state index in [0.717, 1.165) is 18.5 Å². The molecule has 8 heteroatoms. The average Bonchev–Trinajstić information content (AvgIpc) is 3.17. The molecule has 1 aliphatic heterocycles. The molecule has 1 amide bonds. The molecule has 1 atom stereocenters. The van der Waals surface area contributed by atoms with E-state index in [0.29, 0.717) is 12.3 Å². The maximum Gasteiger partial charge on any atom is 0.354 e. The Hall–Kier alpha value is -2.64. The van der Waals surface area contributed by atoms with Gasteiger partial charge in [0.05, 0.1) is 18.1 Å². The van der Waals surface area contributed by atoms with Gasteiger partial charge in [0.2, 0.25) is 0 Å². The monoisotopic (exact) mass is 290 g/mol. The number of carboxylic acids is 1. The molecule has 110 valence electrons. The number of amides is 1. The minimum absolute atomic E-state index is 0.0781. The Morgan fingerprint density at radius 3 is 3.00 bits per heavy atom. The Balaban J connectivity index is 1.90. The number of H-pyrrole nitrogens is 1. The lowest BCUT2D eigenvalue weighted by Gasteiger charge is -2.21. The first-order valence-electron chi connectivity index (χ1n) is 6.58. The smallest absolute Gasteiger partial charge is 0.354 e. The molecule has 0 aromatic carbocycles. The number of carbonyl (C=O) groups is 2. The van der Waals surface area contributed by atoms with E-state index < -0.39 is 11.9 Å². The van der Waals surface area contributed by atoms with Gasteiger partial charge in [-0.2, -0.15) is 0 Å². The fraction of sp³-hybridized carbons (Fsp3) is 0.385. The van der Waals surface area contributed by atoms with Gasteiger partial charge in [-0.15, -0.1) is 0 Å². The summed E-state index contributed by atoms with van der Waals surface area (Å²) in [4.78, 5) is 31.5. The Morgan fingerprint density at radius 1 is 1.52 bits per heavy atom. The number of nitrogens with zero attached hydrogens (tertiary/aromatic N) is 3. The van der Waals surface area contributed by atoms with E-state index in [2.05, 4.69) is 15.1 Å². The van der Waals surface area contributed by atoms with Gasteiger partial charge in [-0.25, -0.2) is 9.78 Å². The van der Waals surface area contributed by atoms with E-state index >= 15 is 0 Å². The molecule has 3 heterocycles. The highest BCUT2D eigenvalue weighted by atomic mass is 16.5. The fourth-order valence-electron chi connectivity index (χ4n) is 2.60. The van der Waals surface area contributed by atoms with Crippen LogP contribution < -0.4 is 0 Å². The Kier molecular flexibility index (Phi) is 3.20. The van der Waals surface area contributed by atoms with Gasteiger partial charge < -0.3 is 19.5 Å². The van der Waals surface area contributed by atoms with Crippen molar-refractivity contribution in [3.8, 4) is 0 Å². The van der Waals surface area contributed by atoms with Crippen molar-refractivity contribution in [2.45, 2.75) is 25.8 Å². The number of aromatic carboxylic acids is 1. The third-order valence-corrected chi connectivity index (χ3v) is 3.54. The van der Waals surface area contributed by atoms with Gasteiger partial charge in [0, 0.05) is 12.6 Å². The second-order valence-electron chi connectivity index (χ2n) is 4.96. The number of rotatable bonds is 3. The van der Waals surface area contributed by atoms with Crippen molar-refractivity contribution < 1.29 is 19.2 Å². The molecular weight excluding hydrogens is 276 g/mol. The highest BCUT2D eigenvalue weighted by molar-refractivity contribution is 6.02. The van der Waals surface area contributed by atoms with E-state index in [1.807, 2.05) is 6.92 Å². The fourth-order valence-corrected chi connectivity index (χ4v) is 2.60. The summed E-state index contributed by atoms with van der Waals surface area (Å²) >= 11 is 0. The summed E-state index contributed by atoms with van der Waals surface area (Å²) in [6.45, 7) is 2.35. The van der Waals surface area contributed by atoms with Crippen LogP contribution in [0.15, 0.2) is 16.9 Å². The molecule has 1 saturated heterocycles. The first kappa shape index (κ1) is 13.3. The van der Waals surface area contributed by atoms with Crippen LogP contribution in [0.4, 0.5) is 0 Å². The van der Waals surface area contributed by atoms with Gasteiger partial charge in [-0.3, -0.25) is 4.79 Å². The SMILES string of the molecule is Cc1cc(C2CCCN2C(=O)c2nc[nH]c2C(=O)O)on1. The maximum absolute atomic E-state index is 12.5. The van der Waals surface area contributed by atoms with E-state index in [1.165, 1.54) is 6.33 Å². The van der Waals surface area contributed by atoms with E-state index in [4.69, 9.17) is 9.63 Å². The number of carbonyl (C=O) groups excluding carboxylic acids is 1. The van der Waals surface area contributed by atoms with Crippen molar-refractivity contribution in [3.05, 3.63) is 35.2 Å². The van der Waals surface area contributed by atoms with Gasteiger partial charge in [0.1, 0.15) is 0 Å². The molecule has 0 saturated carbocycles. The third-order valence-electron chi connectivity index (χ3n) is 3.54. The molecule has 0 radical (unpaired) electrons. The van der Waals surface area contributed by atoms with Crippen LogP contribution in [0.2, 0.25) is 0 Å². The van der Waals surface area contributed by atoms with E-state index in [1.54, 1.807) is 11.0 Å². The molecule has 1 fully saturated rings. The van der Waals surface area contributed by atoms with E-state index in [9.17, 15) is 9.59 Å². The minimum atomic E-state index is -1.21. The molecule has 8 nitrogen and oxygen atoms in total. The number of nitrogens with one attached hydrogen (secondary N) is 1. The second-order valence-corrected chi connectivity index (χ2v) is 4.96. The number of carboxylic acid groups (broad SMARTS) is 1. The number of aryl methyl sites for hydroxylation is 1. The normalized spacial score (nSPS) is 18.1. The summed E-state index contributed by atoms with van der Waals surface area (Å²) in [6, 6.07) is 1.57. The van der Waals surface area contributed by atoms with Crippen LogP contribution in [0.25, 0.3) is 0 Å². The van der Waals surface area contributed by atoms with Crippen molar-refractivity contribution in [2.75, 3.05) is 6.54 Å². The standard InChI is InChI=1S/C13H14N4O4/c1-7-5-9(21-16-7)8-3-2-4-17(8)12(18)10-11(13(19)20)15-6-14-10/h5-6,8H,2-4H2,1H3,(H,14,15)(H,19,20). The lowest BCUT2D eigenvalue weighted by molar-refractivity contribution is 0.0656. The summed E-state index contributed by atoms with van der Waals surface area (Å²) in [7, 11) is 0. The summed E-state index contributed by atoms with van der Waals surface area (Å²) < 4.78 is 5.24. The summed E-state index contributed by atoms with van der Waals surface area (Å²) in [5.41, 5.74) is 0.473. The number of hydrogen-bond acceptors (Lipinski definition) is 5. The molecule has 0 spiro atoms. The number of aromatic amines is 1. The van der Waals surface area contributed by atoms with Crippen LogP contribution in [0, 0.1) is 6.92 Å². The highest BCUT2D eigenvalue weighted by Gasteiger charge is 2.35. The quantitative estimate of drug-likeness (QED) is 0.883. The molecule has 2 N–H and O–H groups in total. The number of aromatic nitrogens is 3. The molecular formula is C13H14N4O4. The molecule has 1 aliphatic rings.